The summed E-state index contributed by atoms with van der Waals surface area (Å²) < 4.78 is 16.5. The van der Waals surface area contributed by atoms with Gasteiger partial charge in [-0.05, 0) is 37.2 Å². The van der Waals surface area contributed by atoms with Crippen LogP contribution in [0.3, 0.4) is 0 Å². The molecule has 1 fully saturated rings. The van der Waals surface area contributed by atoms with Gasteiger partial charge in [0.25, 0.3) is 0 Å². The van der Waals surface area contributed by atoms with E-state index >= 15 is 0 Å². The molecule has 2 aliphatic rings. The molecule has 0 amide bonds. The summed E-state index contributed by atoms with van der Waals surface area (Å²) in [4.78, 5) is 35.7. The van der Waals surface area contributed by atoms with Crippen LogP contribution in [0.15, 0.2) is 23.3 Å². The van der Waals surface area contributed by atoms with Gasteiger partial charge in [-0.15, -0.1) is 0 Å². The van der Waals surface area contributed by atoms with E-state index in [0.717, 1.165) is 30.4 Å². The fourth-order valence-electron chi connectivity index (χ4n) is 4.27. The Morgan fingerprint density at radius 1 is 1.31 bits per heavy atom. The molecule has 5 atom stereocenters. The van der Waals surface area contributed by atoms with E-state index in [1.54, 1.807) is 0 Å². The Hall–Kier alpha value is -2.11. The molecule has 1 heterocycles. The molecule has 0 unspecified atom stereocenters. The summed E-state index contributed by atoms with van der Waals surface area (Å²) in [6, 6.07) is 0. The van der Waals surface area contributed by atoms with Gasteiger partial charge >= 0.3 is 17.9 Å². The van der Waals surface area contributed by atoms with Crippen LogP contribution in [0.1, 0.15) is 66.7 Å². The molecular weight excluding hydrogens is 372 g/mol. The first-order valence-electron chi connectivity index (χ1n) is 10.6. The average Bonchev–Trinajstić information content (AvgIpc) is 2.91. The largest absolute Gasteiger partial charge is 0.466 e. The molecule has 2 rings (SSSR count). The highest BCUT2D eigenvalue weighted by molar-refractivity contribution is 5.91. The summed E-state index contributed by atoms with van der Waals surface area (Å²) in [7, 11) is 0. The van der Waals surface area contributed by atoms with Crippen molar-refractivity contribution in [3.63, 3.8) is 0 Å². The fourth-order valence-corrected chi connectivity index (χ4v) is 4.27. The summed E-state index contributed by atoms with van der Waals surface area (Å²) in [6.07, 6.45) is 2.51. The van der Waals surface area contributed by atoms with Crippen LogP contribution in [0.4, 0.5) is 0 Å². The summed E-state index contributed by atoms with van der Waals surface area (Å²) in [5.41, 5.74) is 2.52. The Morgan fingerprint density at radius 3 is 2.62 bits per heavy atom. The molecule has 6 nitrogen and oxygen atoms in total. The van der Waals surface area contributed by atoms with Gasteiger partial charge in [-0.2, -0.15) is 0 Å². The van der Waals surface area contributed by atoms with E-state index in [0.29, 0.717) is 25.0 Å². The second kappa shape index (κ2) is 10.1. The van der Waals surface area contributed by atoms with E-state index in [1.807, 2.05) is 20.8 Å². The van der Waals surface area contributed by atoms with Gasteiger partial charge in [0, 0.05) is 25.3 Å². The second-order valence-electron chi connectivity index (χ2n) is 8.45. The van der Waals surface area contributed by atoms with Crippen LogP contribution in [0.2, 0.25) is 0 Å². The van der Waals surface area contributed by atoms with Crippen molar-refractivity contribution in [1.82, 2.24) is 0 Å². The predicted molar refractivity (Wildman–Crippen MR) is 109 cm³/mol. The Balaban J connectivity index is 2.21. The van der Waals surface area contributed by atoms with E-state index in [2.05, 4.69) is 13.5 Å². The zero-order chi connectivity index (χ0) is 21.7. The zero-order valence-corrected chi connectivity index (χ0v) is 18.3. The SMILES string of the molecule is C=C1C(=O)O[C@@H]2CC(C)=C([C@H](C)CCCOC(C)=O)[C@H](OC(=O)C[C@H](C)CC)[C@@H]12. The standard InChI is InChI=1S/C23H34O6/c1-7-13(2)11-19(25)29-22-20(14(3)9-8-10-27-17(6)24)15(4)12-18-21(22)16(5)23(26)28-18/h13-14,18,21-22H,5,7-12H2,1-4,6H3/t13-,14-,18-,21+,22+/m1/s1. The maximum atomic E-state index is 12.6. The normalized spacial score (nSPS) is 25.9. The maximum Gasteiger partial charge on any atom is 0.334 e. The molecule has 0 bridgehead atoms. The van der Waals surface area contributed by atoms with E-state index in [1.165, 1.54) is 6.92 Å². The van der Waals surface area contributed by atoms with Gasteiger partial charge < -0.3 is 14.2 Å². The van der Waals surface area contributed by atoms with E-state index in [9.17, 15) is 14.4 Å². The Morgan fingerprint density at radius 2 is 2.00 bits per heavy atom. The molecule has 29 heavy (non-hydrogen) atoms. The van der Waals surface area contributed by atoms with Crippen molar-refractivity contribution < 1.29 is 28.6 Å². The Kier molecular flexibility index (Phi) is 8.05. The molecule has 0 aromatic rings. The molecule has 0 spiro atoms. The van der Waals surface area contributed by atoms with E-state index < -0.39 is 12.1 Å². The number of carbonyl (C=O) groups excluding carboxylic acids is 3. The zero-order valence-electron chi connectivity index (χ0n) is 18.3. The molecule has 1 aliphatic heterocycles. The molecule has 0 radical (unpaired) electrons. The third kappa shape index (κ3) is 5.71. The number of esters is 3. The molecule has 0 N–H and O–H groups in total. The molecule has 1 saturated heterocycles. The van der Waals surface area contributed by atoms with Crippen LogP contribution < -0.4 is 0 Å². The molecule has 6 heteroatoms. The molecule has 0 aromatic carbocycles. The van der Waals surface area contributed by atoms with Crippen LogP contribution in [-0.4, -0.2) is 36.7 Å². The number of hydrogen-bond donors (Lipinski definition) is 0. The lowest BCUT2D eigenvalue weighted by Crippen LogP contribution is -2.41. The predicted octanol–water partition coefficient (Wildman–Crippen LogP) is 4.13. The third-order valence-corrected chi connectivity index (χ3v) is 6.04. The minimum atomic E-state index is -0.534. The van der Waals surface area contributed by atoms with Gasteiger partial charge in [0.1, 0.15) is 12.2 Å². The van der Waals surface area contributed by atoms with Gasteiger partial charge in [-0.3, -0.25) is 9.59 Å². The molecule has 162 valence electrons. The van der Waals surface area contributed by atoms with Crippen molar-refractivity contribution in [2.24, 2.45) is 17.8 Å². The minimum Gasteiger partial charge on any atom is -0.466 e. The van der Waals surface area contributed by atoms with Crippen LogP contribution in [0.5, 0.6) is 0 Å². The minimum absolute atomic E-state index is 0.122. The van der Waals surface area contributed by atoms with Crippen molar-refractivity contribution in [1.29, 1.82) is 0 Å². The maximum absolute atomic E-state index is 12.6. The lowest BCUT2D eigenvalue weighted by atomic mass is 9.73. The quantitative estimate of drug-likeness (QED) is 0.188. The van der Waals surface area contributed by atoms with Crippen molar-refractivity contribution in [3.8, 4) is 0 Å². The van der Waals surface area contributed by atoms with Crippen molar-refractivity contribution in [2.45, 2.75) is 78.9 Å². The van der Waals surface area contributed by atoms with Gasteiger partial charge in [-0.1, -0.05) is 39.3 Å². The fraction of sp³-hybridized carbons (Fsp3) is 0.696. The average molecular weight is 407 g/mol. The summed E-state index contributed by atoms with van der Waals surface area (Å²) in [5.74, 6) is -0.923. The lowest BCUT2D eigenvalue weighted by Gasteiger charge is -2.37. The first-order chi connectivity index (χ1) is 13.6. The van der Waals surface area contributed by atoms with Crippen molar-refractivity contribution in [2.75, 3.05) is 6.61 Å². The first kappa shape index (κ1) is 23.2. The molecule has 1 aliphatic carbocycles. The van der Waals surface area contributed by atoms with E-state index in [4.69, 9.17) is 14.2 Å². The highest BCUT2D eigenvalue weighted by atomic mass is 16.6. The van der Waals surface area contributed by atoms with Gasteiger partial charge in [0.05, 0.1) is 12.5 Å². The molecule has 0 saturated carbocycles. The van der Waals surface area contributed by atoms with Crippen LogP contribution >= 0.6 is 0 Å². The monoisotopic (exact) mass is 406 g/mol. The smallest absolute Gasteiger partial charge is 0.334 e. The number of carbonyl (C=O) groups is 3. The number of fused-ring (bicyclic) bond motifs is 1. The number of rotatable bonds is 9. The molecule has 0 aromatic heterocycles. The van der Waals surface area contributed by atoms with Crippen molar-refractivity contribution in [3.05, 3.63) is 23.3 Å². The highest BCUT2D eigenvalue weighted by Crippen LogP contribution is 2.45. The summed E-state index contributed by atoms with van der Waals surface area (Å²) in [5, 5.41) is 0. The number of hydrogen-bond acceptors (Lipinski definition) is 6. The lowest BCUT2D eigenvalue weighted by molar-refractivity contribution is -0.152. The van der Waals surface area contributed by atoms with E-state index in [-0.39, 0.29) is 35.8 Å². The topological polar surface area (TPSA) is 78.9 Å². The first-order valence-corrected chi connectivity index (χ1v) is 10.6. The molecular formula is C23H34O6. The number of ether oxygens (including phenoxy) is 3. The third-order valence-electron chi connectivity index (χ3n) is 6.04. The van der Waals surface area contributed by atoms with Gasteiger partial charge in [0.2, 0.25) is 0 Å². The second-order valence-corrected chi connectivity index (χ2v) is 8.45. The highest BCUT2D eigenvalue weighted by Gasteiger charge is 2.50. The summed E-state index contributed by atoms with van der Waals surface area (Å²) in [6.45, 7) is 13.8. The summed E-state index contributed by atoms with van der Waals surface area (Å²) >= 11 is 0. The van der Waals surface area contributed by atoms with Crippen molar-refractivity contribution >= 4 is 17.9 Å². The van der Waals surface area contributed by atoms with Gasteiger partial charge in [0.15, 0.2) is 0 Å². The van der Waals surface area contributed by atoms with Gasteiger partial charge in [-0.25, -0.2) is 4.79 Å². The van der Waals surface area contributed by atoms with Crippen LogP contribution in [0.25, 0.3) is 0 Å². The Labute approximate surface area is 173 Å². The van der Waals surface area contributed by atoms with Crippen LogP contribution in [0, 0.1) is 17.8 Å². The Bertz CT molecular complexity index is 691. The van der Waals surface area contributed by atoms with Crippen LogP contribution in [-0.2, 0) is 28.6 Å².